The SMILES string of the molecule is Cc1cccc(OC2COC2)c1. The number of rotatable bonds is 2. The van der Waals surface area contributed by atoms with Gasteiger partial charge in [0.25, 0.3) is 0 Å². The minimum absolute atomic E-state index is 0.270. The second kappa shape index (κ2) is 3.15. The van der Waals surface area contributed by atoms with E-state index in [9.17, 15) is 0 Å². The molecule has 0 amide bonds. The Bertz CT molecular complexity index is 266. The number of aryl methyl sites for hydroxylation is 1. The minimum Gasteiger partial charge on any atom is -0.486 e. The molecular formula is C10H12O2. The fraction of sp³-hybridized carbons (Fsp3) is 0.400. The van der Waals surface area contributed by atoms with Crippen molar-refractivity contribution in [1.29, 1.82) is 0 Å². The van der Waals surface area contributed by atoms with Crippen LogP contribution in [0.3, 0.4) is 0 Å². The molecule has 0 N–H and O–H groups in total. The molecule has 0 aromatic heterocycles. The van der Waals surface area contributed by atoms with E-state index in [0.717, 1.165) is 19.0 Å². The zero-order chi connectivity index (χ0) is 8.39. The quantitative estimate of drug-likeness (QED) is 0.663. The first-order valence-corrected chi connectivity index (χ1v) is 4.16. The molecule has 0 saturated carbocycles. The Hall–Kier alpha value is -1.02. The Kier molecular flexibility index (Phi) is 2.00. The summed E-state index contributed by atoms with van der Waals surface area (Å²) in [5, 5.41) is 0. The average Bonchev–Trinajstić information content (AvgIpc) is 1.97. The van der Waals surface area contributed by atoms with Crippen molar-refractivity contribution in [2.45, 2.75) is 13.0 Å². The highest BCUT2D eigenvalue weighted by Gasteiger charge is 2.19. The molecule has 0 unspecified atom stereocenters. The molecule has 12 heavy (non-hydrogen) atoms. The van der Waals surface area contributed by atoms with Crippen LogP contribution < -0.4 is 4.74 Å². The third-order valence-electron chi connectivity index (χ3n) is 1.90. The molecule has 1 heterocycles. The standard InChI is InChI=1S/C10H12O2/c1-8-3-2-4-9(5-8)12-10-6-11-7-10/h2-5,10H,6-7H2,1H3. The van der Waals surface area contributed by atoms with Gasteiger partial charge >= 0.3 is 0 Å². The normalized spacial score (nSPS) is 17.1. The smallest absolute Gasteiger partial charge is 0.145 e. The lowest BCUT2D eigenvalue weighted by Crippen LogP contribution is -2.38. The zero-order valence-corrected chi connectivity index (χ0v) is 7.12. The molecular weight excluding hydrogens is 152 g/mol. The van der Waals surface area contributed by atoms with Gasteiger partial charge in [0.1, 0.15) is 11.9 Å². The highest BCUT2D eigenvalue weighted by molar-refractivity contribution is 5.27. The van der Waals surface area contributed by atoms with Gasteiger partial charge in [-0.3, -0.25) is 0 Å². The molecule has 64 valence electrons. The first-order valence-electron chi connectivity index (χ1n) is 4.16. The van der Waals surface area contributed by atoms with Crippen molar-refractivity contribution in [2.24, 2.45) is 0 Å². The van der Waals surface area contributed by atoms with Crippen LogP contribution in [0.2, 0.25) is 0 Å². The van der Waals surface area contributed by atoms with Crippen LogP contribution in [0.25, 0.3) is 0 Å². The molecule has 1 fully saturated rings. The molecule has 2 nitrogen and oxygen atoms in total. The third-order valence-corrected chi connectivity index (χ3v) is 1.90. The summed E-state index contributed by atoms with van der Waals surface area (Å²) in [5.41, 5.74) is 1.23. The number of ether oxygens (including phenoxy) is 2. The van der Waals surface area contributed by atoms with Crippen molar-refractivity contribution in [2.75, 3.05) is 13.2 Å². The molecule has 1 aromatic carbocycles. The summed E-state index contributed by atoms with van der Waals surface area (Å²) in [6.45, 7) is 3.52. The van der Waals surface area contributed by atoms with Gasteiger partial charge in [-0.05, 0) is 24.6 Å². The summed E-state index contributed by atoms with van der Waals surface area (Å²) in [4.78, 5) is 0. The molecule has 2 rings (SSSR count). The van der Waals surface area contributed by atoms with Gasteiger partial charge in [0.2, 0.25) is 0 Å². The average molecular weight is 164 g/mol. The molecule has 0 bridgehead atoms. The second-order valence-corrected chi connectivity index (χ2v) is 3.09. The Labute approximate surface area is 72.1 Å². The molecule has 0 spiro atoms. The molecule has 1 saturated heterocycles. The highest BCUT2D eigenvalue weighted by Crippen LogP contribution is 2.16. The molecule has 2 heteroatoms. The van der Waals surface area contributed by atoms with Crippen LogP contribution in [0.15, 0.2) is 24.3 Å². The first kappa shape index (κ1) is 7.62. The van der Waals surface area contributed by atoms with E-state index in [1.165, 1.54) is 5.56 Å². The van der Waals surface area contributed by atoms with Crippen LogP contribution in [-0.4, -0.2) is 19.3 Å². The van der Waals surface area contributed by atoms with Gasteiger partial charge in [0, 0.05) is 0 Å². The lowest BCUT2D eigenvalue weighted by Gasteiger charge is -2.26. The van der Waals surface area contributed by atoms with Gasteiger partial charge in [-0.15, -0.1) is 0 Å². The van der Waals surface area contributed by atoms with E-state index in [1.807, 2.05) is 18.2 Å². The lowest BCUT2D eigenvalue weighted by molar-refractivity contribution is -0.0796. The van der Waals surface area contributed by atoms with Crippen LogP contribution in [0.5, 0.6) is 5.75 Å². The summed E-state index contributed by atoms with van der Waals surface area (Å²) in [7, 11) is 0. The van der Waals surface area contributed by atoms with Gasteiger partial charge < -0.3 is 9.47 Å². The van der Waals surface area contributed by atoms with Crippen LogP contribution in [0, 0.1) is 6.92 Å². The highest BCUT2D eigenvalue weighted by atomic mass is 16.6. The Morgan fingerprint density at radius 1 is 1.42 bits per heavy atom. The van der Waals surface area contributed by atoms with E-state index in [2.05, 4.69) is 13.0 Å². The Morgan fingerprint density at radius 2 is 2.25 bits per heavy atom. The predicted molar refractivity (Wildman–Crippen MR) is 46.4 cm³/mol. The maximum absolute atomic E-state index is 5.61. The maximum Gasteiger partial charge on any atom is 0.145 e. The van der Waals surface area contributed by atoms with Crippen molar-refractivity contribution >= 4 is 0 Å². The monoisotopic (exact) mass is 164 g/mol. The van der Waals surface area contributed by atoms with Gasteiger partial charge in [0.05, 0.1) is 13.2 Å². The van der Waals surface area contributed by atoms with E-state index < -0.39 is 0 Å². The molecule has 1 aliphatic rings. The van der Waals surface area contributed by atoms with Crippen molar-refractivity contribution in [3.8, 4) is 5.75 Å². The van der Waals surface area contributed by atoms with Crippen LogP contribution >= 0.6 is 0 Å². The van der Waals surface area contributed by atoms with Gasteiger partial charge in [-0.2, -0.15) is 0 Å². The lowest BCUT2D eigenvalue weighted by atomic mass is 10.2. The molecule has 1 aliphatic heterocycles. The van der Waals surface area contributed by atoms with E-state index in [0.29, 0.717) is 0 Å². The Morgan fingerprint density at radius 3 is 2.83 bits per heavy atom. The Balaban J connectivity index is 2.02. The van der Waals surface area contributed by atoms with Crippen molar-refractivity contribution < 1.29 is 9.47 Å². The maximum atomic E-state index is 5.61. The van der Waals surface area contributed by atoms with E-state index in [-0.39, 0.29) is 6.10 Å². The largest absolute Gasteiger partial charge is 0.486 e. The van der Waals surface area contributed by atoms with E-state index in [4.69, 9.17) is 9.47 Å². The predicted octanol–water partition coefficient (Wildman–Crippen LogP) is 1.77. The number of hydrogen-bond donors (Lipinski definition) is 0. The second-order valence-electron chi connectivity index (χ2n) is 3.09. The summed E-state index contributed by atoms with van der Waals surface area (Å²) >= 11 is 0. The van der Waals surface area contributed by atoms with Crippen molar-refractivity contribution in [1.82, 2.24) is 0 Å². The molecule has 1 aromatic rings. The summed E-state index contributed by atoms with van der Waals surface area (Å²) in [6.07, 6.45) is 0.270. The minimum atomic E-state index is 0.270. The van der Waals surface area contributed by atoms with E-state index in [1.54, 1.807) is 0 Å². The fourth-order valence-corrected chi connectivity index (χ4v) is 1.16. The molecule has 0 aliphatic carbocycles. The van der Waals surface area contributed by atoms with Crippen LogP contribution in [-0.2, 0) is 4.74 Å². The number of benzene rings is 1. The van der Waals surface area contributed by atoms with E-state index >= 15 is 0 Å². The summed E-state index contributed by atoms with van der Waals surface area (Å²) < 4.78 is 10.6. The van der Waals surface area contributed by atoms with Gasteiger partial charge in [0.15, 0.2) is 0 Å². The summed E-state index contributed by atoms with van der Waals surface area (Å²) in [5.74, 6) is 0.948. The van der Waals surface area contributed by atoms with Crippen molar-refractivity contribution in [3.63, 3.8) is 0 Å². The summed E-state index contributed by atoms with van der Waals surface area (Å²) in [6, 6.07) is 8.08. The van der Waals surface area contributed by atoms with Crippen molar-refractivity contribution in [3.05, 3.63) is 29.8 Å². The molecule has 0 atom stereocenters. The zero-order valence-electron chi connectivity index (χ0n) is 7.12. The van der Waals surface area contributed by atoms with Crippen LogP contribution in [0.4, 0.5) is 0 Å². The van der Waals surface area contributed by atoms with Crippen LogP contribution in [0.1, 0.15) is 5.56 Å². The fourth-order valence-electron chi connectivity index (χ4n) is 1.16. The third kappa shape index (κ3) is 1.59. The topological polar surface area (TPSA) is 18.5 Å². The van der Waals surface area contributed by atoms with Gasteiger partial charge in [-0.1, -0.05) is 12.1 Å². The molecule has 0 radical (unpaired) electrons. The first-order chi connectivity index (χ1) is 5.84. The number of hydrogen-bond acceptors (Lipinski definition) is 2. The van der Waals surface area contributed by atoms with Gasteiger partial charge in [-0.25, -0.2) is 0 Å².